The Morgan fingerprint density at radius 2 is 1.50 bits per heavy atom. The highest BCUT2D eigenvalue weighted by Crippen LogP contribution is 2.34. The van der Waals surface area contributed by atoms with Gasteiger partial charge in [0.05, 0.1) is 8.95 Å². The summed E-state index contributed by atoms with van der Waals surface area (Å²) in [6, 6.07) is 2.31. The number of aromatic nitrogens is 2. The zero-order chi connectivity index (χ0) is 13.4. The molecule has 18 heavy (non-hydrogen) atoms. The van der Waals surface area contributed by atoms with Gasteiger partial charge in [0.25, 0.3) is 0 Å². The molecule has 0 aliphatic heterocycles. The topological polar surface area (TPSA) is 25.8 Å². The molecule has 0 aliphatic rings. The third-order valence-electron chi connectivity index (χ3n) is 2.05. The molecule has 0 unspecified atom stereocenters. The molecular weight excluding hydrogens is 417 g/mol. The summed E-state index contributed by atoms with van der Waals surface area (Å²) in [5, 5.41) is 0.170. The van der Waals surface area contributed by atoms with Crippen LogP contribution in [0.3, 0.4) is 0 Å². The standard InChI is InChI=1S/C10H2Br2Cl2F2N2/c11-5-3(1-2-4(15)7(5)16)10-17-8(13)6(12)9(14)18-10/h1-2H. The Bertz CT molecular complexity index is 615. The lowest BCUT2D eigenvalue weighted by Crippen LogP contribution is -1.95. The zero-order valence-corrected chi connectivity index (χ0v) is 13.0. The van der Waals surface area contributed by atoms with E-state index in [0.717, 1.165) is 6.07 Å². The summed E-state index contributed by atoms with van der Waals surface area (Å²) in [4.78, 5) is 7.88. The Balaban J connectivity index is 2.67. The Hall–Kier alpha value is -0.300. The van der Waals surface area contributed by atoms with Gasteiger partial charge in [0.1, 0.15) is 10.3 Å². The van der Waals surface area contributed by atoms with Crippen molar-refractivity contribution in [1.29, 1.82) is 0 Å². The van der Waals surface area contributed by atoms with Gasteiger partial charge in [-0.3, -0.25) is 0 Å². The minimum absolute atomic E-state index is 0.0848. The SMILES string of the molecule is Fc1ccc(-c2nc(Cl)c(Br)c(Cl)n2)c(Br)c1F. The van der Waals surface area contributed by atoms with Crippen LogP contribution < -0.4 is 0 Å². The molecule has 1 aromatic heterocycles. The number of hydrogen-bond acceptors (Lipinski definition) is 2. The van der Waals surface area contributed by atoms with Gasteiger partial charge in [-0.25, -0.2) is 18.7 Å². The molecule has 1 aromatic carbocycles. The maximum Gasteiger partial charge on any atom is 0.173 e. The minimum Gasteiger partial charge on any atom is -0.215 e. The Kier molecular flexibility index (Phi) is 4.21. The molecule has 0 N–H and O–H groups in total. The van der Waals surface area contributed by atoms with Gasteiger partial charge in [-0.05, 0) is 44.0 Å². The average Bonchev–Trinajstić information content (AvgIpc) is 2.33. The second kappa shape index (κ2) is 5.36. The molecule has 2 aromatic rings. The van der Waals surface area contributed by atoms with Gasteiger partial charge >= 0.3 is 0 Å². The van der Waals surface area contributed by atoms with Crippen molar-refractivity contribution in [3.63, 3.8) is 0 Å². The summed E-state index contributed by atoms with van der Waals surface area (Å²) in [5.41, 5.74) is 0.255. The van der Waals surface area contributed by atoms with E-state index in [-0.39, 0.29) is 26.2 Å². The van der Waals surface area contributed by atoms with Crippen molar-refractivity contribution in [2.45, 2.75) is 0 Å². The highest BCUT2D eigenvalue weighted by molar-refractivity contribution is 9.11. The maximum atomic E-state index is 13.4. The predicted molar refractivity (Wildman–Crippen MR) is 72.8 cm³/mol. The summed E-state index contributed by atoms with van der Waals surface area (Å²) < 4.78 is 26.7. The summed E-state index contributed by atoms with van der Waals surface area (Å²) in [7, 11) is 0. The minimum atomic E-state index is -1.02. The quantitative estimate of drug-likeness (QED) is 0.466. The van der Waals surface area contributed by atoms with Crippen molar-refractivity contribution >= 4 is 55.1 Å². The van der Waals surface area contributed by atoms with Gasteiger partial charge in [-0.1, -0.05) is 23.2 Å². The number of nitrogens with zero attached hydrogens (tertiary/aromatic N) is 2. The molecule has 0 fully saturated rings. The molecular formula is C10H2Br2Cl2F2N2. The highest BCUT2D eigenvalue weighted by atomic mass is 79.9. The second-order valence-corrected chi connectivity index (χ2v) is 5.47. The van der Waals surface area contributed by atoms with Crippen molar-refractivity contribution in [2.75, 3.05) is 0 Å². The summed E-state index contributed by atoms with van der Waals surface area (Å²) >= 11 is 17.7. The fraction of sp³-hybridized carbons (Fsp3) is 0. The normalized spacial score (nSPS) is 10.8. The smallest absolute Gasteiger partial charge is 0.173 e. The first-order chi connectivity index (χ1) is 8.41. The van der Waals surface area contributed by atoms with E-state index >= 15 is 0 Å². The van der Waals surface area contributed by atoms with Crippen LogP contribution in [-0.4, -0.2) is 9.97 Å². The first kappa shape index (κ1) is 14.1. The monoisotopic (exact) mass is 416 g/mol. The van der Waals surface area contributed by atoms with Gasteiger partial charge in [-0.15, -0.1) is 0 Å². The lowest BCUT2D eigenvalue weighted by molar-refractivity contribution is 0.504. The van der Waals surface area contributed by atoms with Crippen LogP contribution in [0.5, 0.6) is 0 Å². The van der Waals surface area contributed by atoms with E-state index in [1.807, 2.05) is 0 Å². The fourth-order valence-electron chi connectivity index (χ4n) is 1.21. The van der Waals surface area contributed by atoms with E-state index in [1.165, 1.54) is 6.07 Å². The first-order valence-electron chi connectivity index (χ1n) is 4.44. The summed E-state index contributed by atoms with van der Waals surface area (Å²) in [6.07, 6.45) is 0. The number of hydrogen-bond donors (Lipinski definition) is 0. The van der Waals surface area contributed by atoms with Crippen molar-refractivity contribution < 1.29 is 8.78 Å². The van der Waals surface area contributed by atoms with Crippen LogP contribution in [0.2, 0.25) is 10.3 Å². The van der Waals surface area contributed by atoms with Crippen LogP contribution in [0.1, 0.15) is 0 Å². The van der Waals surface area contributed by atoms with Gasteiger partial charge in [0.2, 0.25) is 0 Å². The van der Waals surface area contributed by atoms with Crippen LogP contribution in [0.4, 0.5) is 8.78 Å². The molecule has 0 radical (unpaired) electrons. The molecule has 94 valence electrons. The van der Waals surface area contributed by atoms with Crippen molar-refractivity contribution in [3.8, 4) is 11.4 Å². The maximum absolute atomic E-state index is 13.4. The molecule has 8 heteroatoms. The molecule has 2 nitrogen and oxygen atoms in total. The molecule has 0 spiro atoms. The van der Waals surface area contributed by atoms with Gasteiger partial charge in [0, 0.05) is 5.56 Å². The lowest BCUT2D eigenvalue weighted by Gasteiger charge is -2.07. The Labute approximate surface area is 128 Å². The molecule has 0 saturated carbocycles. The predicted octanol–water partition coefficient (Wildman–Crippen LogP) is 5.25. The van der Waals surface area contributed by atoms with Crippen LogP contribution in [0.25, 0.3) is 11.4 Å². The molecule has 0 aliphatic carbocycles. The fourth-order valence-corrected chi connectivity index (χ4v) is 2.28. The van der Waals surface area contributed by atoms with Crippen LogP contribution in [0.15, 0.2) is 21.1 Å². The zero-order valence-electron chi connectivity index (χ0n) is 8.32. The first-order valence-corrected chi connectivity index (χ1v) is 6.78. The molecule has 0 amide bonds. The number of halogens is 6. The van der Waals surface area contributed by atoms with Crippen LogP contribution >= 0.6 is 55.1 Å². The third kappa shape index (κ3) is 2.52. The molecule has 0 atom stereocenters. The average molecular weight is 419 g/mol. The molecule has 0 saturated heterocycles. The van der Waals surface area contributed by atoms with E-state index in [0.29, 0.717) is 4.47 Å². The third-order valence-corrected chi connectivity index (χ3v) is 4.58. The van der Waals surface area contributed by atoms with Crippen molar-refractivity contribution in [1.82, 2.24) is 9.97 Å². The van der Waals surface area contributed by atoms with Crippen molar-refractivity contribution in [3.05, 3.63) is 43.0 Å². The van der Waals surface area contributed by atoms with Gasteiger partial charge in [-0.2, -0.15) is 0 Å². The van der Waals surface area contributed by atoms with Crippen LogP contribution in [0, 0.1) is 11.6 Å². The van der Waals surface area contributed by atoms with Gasteiger partial charge in [0.15, 0.2) is 17.5 Å². The lowest BCUT2D eigenvalue weighted by atomic mass is 10.2. The molecule has 1 heterocycles. The number of benzene rings is 1. The van der Waals surface area contributed by atoms with Crippen molar-refractivity contribution in [2.24, 2.45) is 0 Å². The van der Waals surface area contributed by atoms with E-state index in [1.54, 1.807) is 0 Å². The van der Waals surface area contributed by atoms with Crippen LogP contribution in [-0.2, 0) is 0 Å². The summed E-state index contributed by atoms with van der Waals surface area (Å²) in [6.45, 7) is 0. The van der Waals surface area contributed by atoms with E-state index in [2.05, 4.69) is 41.8 Å². The highest BCUT2D eigenvalue weighted by Gasteiger charge is 2.17. The Morgan fingerprint density at radius 1 is 0.944 bits per heavy atom. The summed E-state index contributed by atoms with van der Waals surface area (Å²) in [5.74, 6) is -1.90. The van der Waals surface area contributed by atoms with E-state index in [9.17, 15) is 8.78 Å². The van der Waals surface area contributed by atoms with Gasteiger partial charge < -0.3 is 0 Å². The number of rotatable bonds is 1. The second-order valence-electron chi connectivity index (χ2n) is 3.17. The Morgan fingerprint density at radius 3 is 2.06 bits per heavy atom. The van der Waals surface area contributed by atoms with E-state index < -0.39 is 11.6 Å². The largest absolute Gasteiger partial charge is 0.215 e. The molecule has 2 rings (SSSR count). The van der Waals surface area contributed by atoms with E-state index in [4.69, 9.17) is 23.2 Å². The molecule has 0 bridgehead atoms.